The summed E-state index contributed by atoms with van der Waals surface area (Å²) >= 11 is 6.21. The van der Waals surface area contributed by atoms with Crippen LogP contribution in [0.2, 0.25) is 5.02 Å². The largest absolute Gasteiger partial charge is 0.351 e. The van der Waals surface area contributed by atoms with Gasteiger partial charge in [0.1, 0.15) is 5.54 Å². The maximum atomic E-state index is 12.7. The van der Waals surface area contributed by atoms with E-state index in [1.165, 1.54) is 6.92 Å². The van der Waals surface area contributed by atoms with Gasteiger partial charge in [0.25, 0.3) is 0 Å². The van der Waals surface area contributed by atoms with Crippen LogP contribution in [0.25, 0.3) is 0 Å². The van der Waals surface area contributed by atoms with E-state index in [2.05, 4.69) is 10.6 Å². The summed E-state index contributed by atoms with van der Waals surface area (Å²) in [6.07, 6.45) is 4.31. The highest BCUT2D eigenvalue weighted by molar-refractivity contribution is 6.31. The van der Waals surface area contributed by atoms with Crippen LogP contribution in [-0.2, 0) is 9.59 Å². The van der Waals surface area contributed by atoms with Crippen LogP contribution in [0.4, 0.5) is 0 Å². The van der Waals surface area contributed by atoms with Crippen LogP contribution >= 0.6 is 11.6 Å². The van der Waals surface area contributed by atoms with E-state index in [0.29, 0.717) is 0 Å². The Bertz CT molecular complexity index is 596. The van der Waals surface area contributed by atoms with Crippen molar-refractivity contribution in [2.45, 2.75) is 56.5 Å². The fraction of sp³-hybridized carbons (Fsp3) is 0.529. The molecule has 2 amide bonds. The van der Waals surface area contributed by atoms with Crippen LogP contribution in [0.1, 0.15) is 50.5 Å². The molecule has 0 radical (unpaired) electrons. The highest BCUT2D eigenvalue weighted by Crippen LogP contribution is 2.44. The molecule has 0 aromatic heterocycles. The molecule has 2 aliphatic carbocycles. The van der Waals surface area contributed by atoms with E-state index in [9.17, 15) is 9.59 Å². The van der Waals surface area contributed by atoms with Gasteiger partial charge in [0.2, 0.25) is 11.8 Å². The Balaban J connectivity index is 1.65. The van der Waals surface area contributed by atoms with Gasteiger partial charge in [-0.1, -0.05) is 42.6 Å². The lowest BCUT2D eigenvalue weighted by molar-refractivity contribution is -0.132. The van der Waals surface area contributed by atoms with Crippen LogP contribution in [-0.4, -0.2) is 23.4 Å². The maximum absolute atomic E-state index is 12.7. The summed E-state index contributed by atoms with van der Waals surface area (Å²) in [5.41, 5.74) is 0.383. The average molecular weight is 321 g/mol. The number of amides is 2. The number of carbonyl (C=O) groups is 2. The number of hydrogen-bond acceptors (Lipinski definition) is 2. The summed E-state index contributed by atoms with van der Waals surface area (Å²) in [5.74, 6) is 0.101. The number of benzene rings is 1. The number of halogens is 1. The van der Waals surface area contributed by atoms with Crippen molar-refractivity contribution in [3.63, 3.8) is 0 Å². The van der Waals surface area contributed by atoms with Crippen molar-refractivity contribution in [1.29, 1.82) is 0 Å². The Morgan fingerprint density at radius 1 is 1.23 bits per heavy atom. The Kier molecular flexibility index (Phi) is 4.13. The summed E-state index contributed by atoms with van der Waals surface area (Å²) in [7, 11) is 0. The first-order valence-corrected chi connectivity index (χ1v) is 8.24. The lowest BCUT2D eigenvalue weighted by Gasteiger charge is -2.28. The summed E-state index contributed by atoms with van der Waals surface area (Å²) in [5, 5.41) is 6.73. The van der Waals surface area contributed by atoms with Crippen molar-refractivity contribution in [2.75, 3.05) is 0 Å². The molecule has 0 heterocycles. The number of carbonyl (C=O) groups excluding carboxylic acids is 2. The molecule has 3 rings (SSSR count). The van der Waals surface area contributed by atoms with E-state index in [4.69, 9.17) is 11.6 Å². The quantitative estimate of drug-likeness (QED) is 0.896. The van der Waals surface area contributed by atoms with Gasteiger partial charge < -0.3 is 10.6 Å². The van der Waals surface area contributed by atoms with Crippen molar-refractivity contribution < 1.29 is 9.59 Å². The zero-order valence-corrected chi connectivity index (χ0v) is 13.5. The highest BCUT2D eigenvalue weighted by atomic mass is 35.5. The molecule has 4 nitrogen and oxygen atoms in total. The number of nitrogens with one attached hydrogen (secondary N) is 2. The molecule has 2 aliphatic rings. The van der Waals surface area contributed by atoms with Crippen LogP contribution in [0, 0.1) is 0 Å². The van der Waals surface area contributed by atoms with E-state index in [1.807, 2.05) is 24.3 Å². The fourth-order valence-electron chi connectivity index (χ4n) is 3.50. The van der Waals surface area contributed by atoms with Gasteiger partial charge in [0, 0.05) is 23.9 Å². The molecule has 0 spiro atoms. The smallest absolute Gasteiger partial charge is 0.245 e. The molecule has 2 saturated carbocycles. The predicted octanol–water partition coefficient (Wildman–Crippen LogP) is 2.76. The molecule has 2 unspecified atom stereocenters. The third kappa shape index (κ3) is 2.98. The SMILES string of the molecule is CC(=O)NC1(C(=O)NC2CC2c2ccccc2Cl)CCCC1. The van der Waals surface area contributed by atoms with E-state index >= 15 is 0 Å². The van der Waals surface area contributed by atoms with Crippen molar-refractivity contribution in [2.24, 2.45) is 0 Å². The van der Waals surface area contributed by atoms with Gasteiger partial charge in [-0.15, -0.1) is 0 Å². The summed E-state index contributed by atoms with van der Waals surface area (Å²) in [6.45, 7) is 1.47. The first-order valence-electron chi connectivity index (χ1n) is 7.86. The lowest BCUT2D eigenvalue weighted by atomic mass is 9.96. The van der Waals surface area contributed by atoms with Gasteiger partial charge in [-0.25, -0.2) is 0 Å². The zero-order chi connectivity index (χ0) is 15.7. The Hall–Kier alpha value is -1.55. The van der Waals surface area contributed by atoms with Gasteiger partial charge in [0.15, 0.2) is 0 Å². The molecule has 0 saturated heterocycles. The highest BCUT2D eigenvalue weighted by Gasteiger charge is 2.47. The molecular formula is C17H21ClN2O2. The van der Waals surface area contributed by atoms with Gasteiger partial charge in [0.05, 0.1) is 0 Å². The van der Waals surface area contributed by atoms with Crippen LogP contribution in [0.15, 0.2) is 24.3 Å². The topological polar surface area (TPSA) is 58.2 Å². The van der Waals surface area contributed by atoms with Gasteiger partial charge in [-0.3, -0.25) is 9.59 Å². The zero-order valence-electron chi connectivity index (χ0n) is 12.7. The average Bonchev–Trinajstić information content (AvgIpc) is 3.05. The number of rotatable bonds is 4. The van der Waals surface area contributed by atoms with Crippen molar-refractivity contribution >= 4 is 23.4 Å². The normalized spacial score (nSPS) is 25.5. The molecular weight excluding hydrogens is 300 g/mol. The monoisotopic (exact) mass is 320 g/mol. The second-order valence-electron chi connectivity index (χ2n) is 6.41. The minimum absolute atomic E-state index is 0.0419. The Labute approximate surface area is 135 Å². The van der Waals surface area contributed by atoms with E-state index in [0.717, 1.165) is 42.7 Å². The second-order valence-corrected chi connectivity index (χ2v) is 6.82. The van der Waals surface area contributed by atoms with E-state index in [1.54, 1.807) is 0 Å². The third-order valence-corrected chi connectivity index (χ3v) is 5.06. The first-order chi connectivity index (χ1) is 10.5. The van der Waals surface area contributed by atoms with E-state index in [-0.39, 0.29) is 23.8 Å². The predicted molar refractivity (Wildman–Crippen MR) is 85.8 cm³/mol. The molecule has 2 fully saturated rings. The Morgan fingerprint density at radius 3 is 2.55 bits per heavy atom. The second kappa shape index (κ2) is 5.92. The Morgan fingerprint density at radius 2 is 1.91 bits per heavy atom. The van der Waals surface area contributed by atoms with Crippen molar-refractivity contribution in [3.8, 4) is 0 Å². The minimum atomic E-state index is -0.709. The molecule has 5 heteroatoms. The molecule has 2 N–H and O–H groups in total. The van der Waals surface area contributed by atoms with Crippen LogP contribution in [0.3, 0.4) is 0 Å². The van der Waals surface area contributed by atoms with E-state index < -0.39 is 5.54 Å². The molecule has 22 heavy (non-hydrogen) atoms. The molecule has 118 valence electrons. The fourth-order valence-corrected chi connectivity index (χ4v) is 3.78. The van der Waals surface area contributed by atoms with Gasteiger partial charge in [-0.05, 0) is 30.9 Å². The molecule has 0 bridgehead atoms. The lowest BCUT2D eigenvalue weighted by Crippen LogP contribution is -2.57. The third-order valence-electron chi connectivity index (χ3n) is 4.72. The molecule has 0 aliphatic heterocycles. The molecule has 2 atom stereocenters. The van der Waals surface area contributed by atoms with Crippen LogP contribution < -0.4 is 10.6 Å². The minimum Gasteiger partial charge on any atom is -0.351 e. The number of hydrogen-bond donors (Lipinski definition) is 2. The van der Waals surface area contributed by atoms with Crippen molar-refractivity contribution in [3.05, 3.63) is 34.9 Å². The molecule has 1 aromatic carbocycles. The van der Waals surface area contributed by atoms with Gasteiger partial charge in [-0.2, -0.15) is 0 Å². The summed E-state index contributed by atoms with van der Waals surface area (Å²) in [4.78, 5) is 24.1. The van der Waals surface area contributed by atoms with Crippen LogP contribution in [0.5, 0.6) is 0 Å². The standard InChI is InChI=1S/C17H21ClN2O2/c1-11(21)20-17(8-4-5-9-17)16(22)19-15-10-13(15)12-6-2-3-7-14(12)18/h2-3,6-7,13,15H,4-5,8-10H2,1H3,(H,19,22)(H,20,21). The summed E-state index contributed by atoms with van der Waals surface area (Å²) < 4.78 is 0. The first kappa shape index (κ1) is 15.3. The summed E-state index contributed by atoms with van der Waals surface area (Å²) in [6, 6.07) is 7.89. The van der Waals surface area contributed by atoms with Gasteiger partial charge >= 0.3 is 0 Å². The van der Waals surface area contributed by atoms with Crippen molar-refractivity contribution in [1.82, 2.24) is 10.6 Å². The molecule has 1 aromatic rings. The maximum Gasteiger partial charge on any atom is 0.245 e.